The number of nitrogens with zero attached hydrogens (tertiary/aromatic N) is 2. The van der Waals surface area contributed by atoms with Gasteiger partial charge in [0.2, 0.25) is 5.88 Å². The van der Waals surface area contributed by atoms with E-state index in [2.05, 4.69) is 15.2 Å². The lowest BCUT2D eigenvalue weighted by Gasteiger charge is -2.00. The van der Waals surface area contributed by atoms with Crippen molar-refractivity contribution in [1.29, 1.82) is 0 Å². The molecular formula is C12H11N3O2. The first kappa shape index (κ1) is 11.1. The summed E-state index contributed by atoms with van der Waals surface area (Å²) in [7, 11) is 0. The lowest BCUT2D eigenvalue weighted by molar-refractivity contribution is 0.452. The first-order valence-electron chi connectivity index (χ1n) is 5.06. The number of H-pyrrole nitrogens is 1. The average molecular weight is 229 g/mol. The topological polar surface area (TPSA) is 77.8 Å². The van der Waals surface area contributed by atoms with Crippen LogP contribution in [0.4, 0.5) is 11.4 Å². The maximum absolute atomic E-state index is 11.0. The van der Waals surface area contributed by atoms with Gasteiger partial charge in [-0.3, -0.25) is 9.78 Å². The van der Waals surface area contributed by atoms with Gasteiger partial charge >= 0.3 is 0 Å². The molecule has 0 fully saturated rings. The van der Waals surface area contributed by atoms with Crippen molar-refractivity contribution in [2.24, 2.45) is 10.2 Å². The van der Waals surface area contributed by atoms with Crippen LogP contribution in [-0.2, 0) is 0 Å². The van der Waals surface area contributed by atoms with E-state index in [9.17, 15) is 9.90 Å². The second kappa shape index (κ2) is 4.61. The summed E-state index contributed by atoms with van der Waals surface area (Å²) in [5.74, 6) is -0.269. The Morgan fingerprint density at radius 1 is 1.18 bits per heavy atom. The number of nitrogens with one attached hydrogen (secondary N) is 1. The fourth-order valence-electron chi connectivity index (χ4n) is 1.39. The van der Waals surface area contributed by atoms with Crippen molar-refractivity contribution in [2.45, 2.75) is 6.92 Å². The molecule has 86 valence electrons. The highest BCUT2D eigenvalue weighted by molar-refractivity contribution is 5.52. The number of azo groups is 1. The molecule has 0 aliphatic heterocycles. The molecule has 0 spiro atoms. The van der Waals surface area contributed by atoms with Crippen LogP contribution in [0, 0.1) is 6.92 Å². The second-order valence-electron chi connectivity index (χ2n) is 3.55. The van der Waals surface area contributed by atoms with Gasteiger partial charge < -0.3 is 5.11 Å². The molecule has 0 bridgehead atoms. The number of benzene rings is 1. The van der Waals surface area contributed by atoms with Gasteiger partial charge in [0, 0.05) is 6.07 Å². The molecule has 0 saturated heterocycles. The summed E-state index contributed by atoms with van der Waals surface area (Å²) in [5, 5.41) is 17.4. The van der Waals surface area contributed by atoms with Crippen LogP contribution in [0.5, 0.6) is 5.88 Å². The van der Waals surface area contributed by atoms with Crippen molar-refractivity contribution in [3.8, 4) is 5.88 Å². The van der Waals surface area contributed by atoms with E-state index in [0.29, 0.717) is 11.3 Å². The summed E-state index contributed by atoms with van der Waals surface area (Å²) in [6.45, 7) is 1.69. The number of rotatable bonds is 2. The maximum atomic E-state index is 11.0. The molecule has 2 aromatic rings. The number of aromatic nitrogens is 1. The molecule has 5 heteroatoms. The molecule has 5 nitrogen and oxygen atoms in total. The number of aryl methyl sites for hydroxylation is 1. The van der Waals surface area contributed by atoms with E-state index in [1.807, 2.05) is 18.2 Å². The maximum Gasteiger partial charge on any atom is 0.251 e. The highest BCUT2D eigenvalue weighted by atomic mass is 16.3. The largest absolute Gasteiger partial charge is 0.493 e. The van der Waals surface area contributed by atoms with E-state index in [1.165, 1.54) is 6.07 Å². The van der Waals surface area contributed by atoms with E-state index < -0.39 is 0 Å². The minimum Gasteiger partial charge on any atom is -0.493 e. The quantitative estimate of drug-likeness (QED) is 0.776. The van der Waals surface area contributed by atoms with Crippen LogP contribution in [0.1, 0.15) is 5.56 Å². The van der Waals surface area contributed by atoms with Crippen LogP contribution in [0.3, 0.4) is 0 Å². The molecule has 0 saturated carbocycles. The first-order chi connectivity index (χ1) is 8.16. The first-order valence-corrected chi connectivity index (χ1v) is 5.06. The zero-order valence-electron chi connectivity index (χ0n) is 9.21. The highest BCUT2D eigenvalue weighted by Crippen LogP contribution is 2.27. The Morgan fingerprint density at radius 3 is 2.53 bits per heavy atom. The Bertz CT molecular complexity index is 577. The van der Waals surface area contributed by atoms with Gasteiger partial charge in [-0.1, -0.05) is 18.2 Å². The molecule has 2 N–H and O–H groups in total. The van der Waals surface area contributed by atoms with E-state index in [1.54, 1.807) is 19.1 Å². The predicted octanol–water partition coefficient (Wildman–Crippen LogP) is 2.80. The molecule has 1 heterocycles. The Labute approximate surface area is 97.5 Å². The van der Waals surface area contributed by atoms with Gasteiger partial charge in [-0.2, -0.15) is 5.11 Å². The number of hydrogen-bond acceptors (Lipinski definition) is 4. The second-order valence-corrected chi connectivity index (χ2v) is 3.55. The zero-order chi connectivity index (χ0) is 12.3. The standard InChI is InChI=1S/C12H11N3O2/c1-8-7-10(16)13-12(17)11(8)15-14-9-5-3-2-4-6-9/h2-7H,1H3,(H2,13,16,17)/b15-14+. The summed E-state index contributed by atoms with van der Waals surface area (Å²) < 4.78 is 0. The summed E-state index contributed by atoms with van der Waals surface area (Å²) in [6, 6.07) is 10.5. The molecule has 17 heavy (non-hydrogen) atoms. The molecule has 0 aliphatic carbocycles. The van der Waals surface area contributed by atoms with Crippen molar-refractivity contribution >= 4 is 11.4 Å². The highest BCUT2D eigenvalue weighted by Gasteiger charge is 2.05. The summed E-state index contributed by atoms with van der Waals surface area (Å²) in [5.41, 5.74) is 1.16. The van der Waals surface area contributed by atoms with Crippen molar-refractivity contribution in [3.63, 3.8) is 0 Å². The Balaban J connectivity index is 2.37. The average Bonchev–Trinajstić information content (AvgIpc) is 2.29. The SMILES string of the molecule is Cc1cc(=O)[nH]c(O)c1/N=N/c1ccccc1. The van der Waals surface area contributed by atoms with Crippen LogP contribution < -0.4 is 5.56 Å². The van der Waals surface area contributed by atoms with Gasteiger partial charge in [0.1, 0.15) is 5.69 Å². The Kier molecular flexibility index (Phi) is 3.00. The van der Waals surface area contributed by atoms with Gasteiger partial charge in [0.05, 0.1) is 5.69 Å². The van der Waals surface area contributed by atoms with E-state index in [0.717, 1.165) is 0 Å². The molecule has 0 atom stereocenters. The smallest absolute Gasteiger partial charge is 0.251 e. The fraction of sp³-hybridized carbons (Fsp3) is 0.0833. The monoisotopic (exact) mass is 229 g/mol. The zero-order valence-corrected chi connectivity index (χ0v) is 9.21. The van der Waals surface area contributed by atoms with Crippen molar-refractivity contribution in [2.75, 3.05) is 0 Å². The van der Waals surface area contributed by atoms with Crippen LogP contribution in [0.15, 0.2) is 51.4 Å². The van der Waals surface area contributed by atoms with E-state index in [-0.39, 0.29) is 17.1 Å². The van der Waals surface area contributed by atoms with Crippen molar-refractivity contribution in [3.05, 3.63) is 52.3 Å². The van der Waals surface area contributed by atoms with Gasteiger partial charge in [-0.15, -0.1) is 5.11 Å². The fourth-order valence-corrected chi connectivity index (χ4v) is 1.39. The van der Waals surface area contributed by atoms with E-state index in [4.69, 9.17) is 0 Å². The summed E-state index contributed by atoms with van der Waals surface area (Å²) >= 11 is 0. The minimum atomic E-state index is -0.362. The molecular weight excluding hydrogens is 218 g/mol. The lowest BCUT2D eigenvalue weighted by atomic mass is 10.2. The van der Waals surface area contributed by atoms with Gasteiger partial charge in [0.25, 0.3) is 5.56 Å². The third kappa shape index (κ3) is 2.57. The summed E-state index contributed by atoms with van der Waals surface area (Å²) in [4.78, 5) is 13.3. The van der Waals surface area contributed by atoms with Crippen LogP contribution in [0.2, 0.25) is 0 Å². The predicted molar refractivity (Wildman–Crippen MR) is 64.1 cm³/mol. The number of aromatic hydroxyl groups is 1. The van der Waals surface area contributed by atoms with Crippen molar-refractivity contribution < 1.29 is 5.11 Å². The van der Waals surface area contributed by atoms with Gasteiger partial charge in [0.15, 0.2) is 0 Å². The Hall–Kier alpha value is -2.43. The van der Waals surface area contributed by atoms with Crippen LogP contribution >= 0.6 is 0 Å². The third-order valence-corrected chi connectivity index (χ3v) is 2.21. The molecule has 0 amide bonds. The van der Waals surface area contributed by atoms with Gasteiger partial charge in [-0.25, -0.2) is 0 Å². The van der Waals surface area contributed by atoms with E-state index >= 15 is 0 Å². The Morgan fingerprint density at radius 2 is 1.88 bits per heavy atom. The minimum absolute atomic E-state index is 0.269. The lowest BCUT2D eigenvalue weighted by Crippen LogP contribution is -2.03. The number of aromatic amines is 1. The molecule has 0 radical (unpaired) electrons. The molecule has 2 rings (SSSR count). The molecule has 0 aliphatic rings. The molecule has 1 aromatic carbocycles. The third-order valence-electron chi connectivity index (χ3n) is 2.21. The summed E-state index contributed by atoms with van der Waals surface area (Å²) in [6.07, 6.45) is 0. The number of hydrogen-bond donors (Lipinski definition) is 2. The van der Waals surface area contributed by atoms with Gasteiger partial charge in [-0.05, 0) is 24.6 Å². The normalized spacial score (nSPS) is 10.9. The molecule has 0 unspecified atom stereocenters. The van der Waals surface area contributed by atoms with Crippen LogP contribution in [0.25, 0.3) is 0 Å². The van der Waals surface area contributed by atoms with Crippen molar-refractivity contribution in [1.82, 2.24) is 4.98 Å². The van der Waals surface area contributed by atoms with Crippen LogP contribution in [-0.4, -0.2) is 10.1 Å². The molecule has 1 aromatic heterocycles. The number of pyridine rings is 1.